The van der Waals surface area contributed by atoms with Crippen molar-refractivity contribution in [2.24, 2.45) is 5.92 Å². The molecule has 1 amide bonds. The molecule has 1 aromatic carbocycles. The van der Waals surface area contributed by atoms with Crippen molar-refractivity contribution in [1.82, 2.24) is 19.6 Å². The lowest BCUT2D eigenvalue weighted by atomic mass is 10.1. The van der Waals surface area contributed by atoms with Gasteiger partial charge in [0.05, 0.1) is 15.6 Å². The molecule has 7 nitrogen and oxygen atoms in total. The number of hydrogen-bond donors (Lipinski definition) is 1. The van der Waals surface area contributed by atoms with Crippen molar-refractivity contribution in [3.63, 3.8) is 0 Å². The van der Waals surface area contributed by atoms with E-state index in [0.29, 0.717) is 28.3 Å². The summed E-state index contributed by atoms with van der Waals surface area (Å²) in [6.45, 7) is 4.40. The third kappa shape index (κ3) is 3.25. The summed E-state index contributed by atoms with van der Waals surface area (Å²) in [6, 6.07) is 11.8. The number of aromatic nitrogens is 2. The van der Waals surface area contributed by atoms with Crippen LogP contribution in [0.25, 0.3) is 26.1 Å². The number of nitrogens with one attached hydrogen (secondary N) is 1. The van der Waals surface area contributed by atoms with E-state index in [9.17, 15) is 9.59 Å². The standard InChI is InChI=1S/C24H25N5O2S/c1-27-10-12-28(13-11-27)19-9-8-16-21(30)20(23(31)25-14-15-6-7-15)24-29(22(16)26-19)17-4-2-3-5-18(17)32-24/h2-5,8-9,15H,6-7,10-14H2,1H3,(H,25,31). The number of benzene rings is 1. The number of para-hydroxylation sites is 1. The Balaban J connectivity index is 1.57. The molecule has 4 heterocycles. The fraction of sp³-hybridized carbons (Fsp3) is 0.375. The van der Waals surface area contributed by atoms with Crippen LogP contribution in [0, 0.1) is 5.92 Å². The number of piperazine rings is 1. The van der Waals surface area contributed by atoms with Gasteiger partial charge in [-0.2, -0.15) is 0 Å². The average molecular weight is 448 g/mol. The molecule has 3 aromatic heterocycles. The van der Waals surface area contributed by atoms with Gasteiger partial charge in [0, 0.05) is 32.7 Å². The molecule has 1 aliphatic carbocycles. The Kier molecular flexibility index (Phi) is 4.66. The number of thiazole rings is 1. The smallest absolute Gasteiger partial charge is 0.258 e. The topological polar surface area (TPSA) is 70.0 Å². The van der Waals surface area contributed by atoms with Gasteiger partial charge in [0.15, 0.2) is 5.65 Å². The molecule has 32 heavy (non-hydrogen) atoms. The number of nitrogens with zero attached hydrogens (tertiary/aromatic N) is 4. The number of amides is 1. The van der Waals surface area contributed by atoms with E-state index in [2.05, 4.69) is 22.2 Å². The number of carbonyl (C=O) groups is 1. The largest absolute Gasteiger partial charge is 0.354 e. The normalized spacial score (nSPS) is 17.5. The first-order chi connectivity index (χ1) is 15.6. The highest BCUT2D eigenvalue weighted by molar-refractivity contribution is 7.24. The summed E-state index contributed by atoms with van der Waals surface area (Å²) in [7, 11) is 2.13. The zero-order chi connectivity index (χ0) is 21.8. The molecule has 1 saturated heterocycles. The van der Waals surface area contributed by atoms with Crippen molar-refractivity contribution in [2.45, 2.75) is 12.8 Å². The summed E-state index contributed by atoms with van der Waals surface area (Å²) in [5.74, 6) is 1.14. The average Bonchev–Trinajstić information content (AvgIpc) is 3.56. The van der Waals surface area contributed by atoms with E-state index in [1.807, 2.05) is 40.8 Å². The number of anilines is 1. The van der Waals surface area contributed by atoms with Crippen molar-refractivity contribution < 1.29 is 4.79 Å². The lowest BCUT2D eigenvalue weighted by molar-refractivity contribution is 0.0952. The van der Waals surface area contributed by atoms with E-state index < -0.39 is 0 Å². The molecule has 164 valence electrons. The van der Waals surface area contributed by atoms with Crippen LogP contribution >= 0.6 is 11.3 Å². The highest BCUT2D eigenvalue weighted by Gasteiger charge is 2.26. The third-order valence-corrected chi connectivity index (χ3v) is 7.72. The highest BCUT2D eigenvalue weighted by atomic mass is 32.1. The van der Waals surface area contributed by atoms with Gasteiger partial charge >= 0.3 is 0 Å². The monoisotopic (exact) mass is 447 g/mol. The van der Waals surface area contributed by atoms with Gasteiger partial charge in [0.25, 0.3) is 5.91 Å². The van der Waals surface area contributed by atoms with Crippen molar-refractivity contribution >= 4 is 49.1 Å². The first kappa shape index (κ1) is 19.7. The van der Waals surface area contributed by atoms with E-state index in [1.165, 1.54) is 11.3 Å². The van der Waals surface area contributed by atoms with Gasteiger partial charge in [0.2, 0.25) is 5.43 Å². The van der Waals surface area contributed by atoms with Crippen LogP contribution in [-0.2, 0) is 0 Å². The molecule has 0 radical (unpaired) electrons. The second-order valence-electron chi connectivity index (χ2n) is 8.90. The molecule has 1 N–H and O–H groups in total. The molecule has 8 heteroatoms. The van der Waals surface area contributed by atoms with Crippen LogP contribution in [0.4, 0.5) is 5.82 Å². The zero-order valence-electron chi connectivity index (χ0n) is 18.0. The van der Waals surface area contributed by atoms with E-state index in [0.717, 1.165) is 55.1 Å². The van der Waals surface area contributed by atoms with Crippen LogP contribution in [-0.4, -0.2) is 60.0 Å². The Morgan fingerprint density at radius 3 is 2.69 bits per heavy atom. The molecule has 1 aliphatic heterocycles. The Bertz CT molecular complexity index is 1410. The van der Waals surface area contributed by atoms with Gasteiger partial charge in [-0.3, -0.25) is 14.0 Å². The number of fused-ring (bicyclic) bond motifs is 5. The molecular formula is C24H25N5O2S. The Morgan fingerprint density at radius 2 is 1.91 bits per heavy atom. The van der Waals surface area contributed by atoms with Gasteiger partial charge in [0.1, 0.15) is 16.2 Å². The Morgan fingerprint density at radius 1 is 1.12 bits per heavy atom. The number of hydrogen-bond acceptors (Lipinski definition) is 6. The number of rotatable bonds is 4. The molecule has 2 aliphatic rings. The van der Waals surface area contributed by atoms with Crippen LogP contribution in [0.3, 0.4) is 0 Å². The summed E-state index contributed by atoms with van der Waals surface area (Å²) in [5.41, 5.74) is 1.58. The van der Waals surface area contributed by atoms with Gasteiger partial charge in [-0.1, -0.05) is 12.1 Å². The minimum atomic E-state index is -0.281. The minimum absolute atomic E-state index is 0.230. The summed E-state index contributed by atoms with van der Waals surface area (Å²) in [6.07, 6.45) is 2.29. The first-order valence-corrected chi connectivity index (χ1v) is 12.0. The van der Waals surface area contributed by atoms with E-state index in [1.54, 1.807) is 0 Å². The van der Waals surface area contributed by atoms with Gasteiger partial charge < -0.3 is 15.1 Å². The lowest BCUT2D eigenvalue weighted by Gasteiger charge is -2.33. The van der Waals surface area contributed by atoms with E-state index in [4.69, 9.17) is 4.98 Å². The molecule has 0 atom stereocenters. The molecule has 6 rings (SSSR count). The highest BCUT2D eigenvalue weighted by Crippen LogP contribution is 2.32. The van der Waals surface area contributed by atoms with Crippen molar-refractivity contribution in [3.05, 3.63) is 52.2 Å². The predicted molar refractivity (Wildman–Crippen MR) is 129 cm³/mol. The third-order valence-electron chi connectivity index (χ3n) is 6.58. The van der Waals surface area contributed by atoms with Crippen molar-refractivity contribution in [2.75, 3.05) is 44.7 Å². The van der Waals surface area contributed by atoms with Gasteiger partial charge in [-0.05, 0) is 50.1 Å². The van der Waals surface area contributed by atoms with Crippen LogP contribution in [0.15, 0.2) is 41.2 Å². The summed E-state index contributed by atoms with van der Waals surface area (Å²) >= 11 is 1.48. The second-order valence-corrected chi connectivity index (χ2v) is 9.93. The SMILES string of the molecule is CN1CCN(c2ccc3c(=O)c(C(=O)NCC4CC4)c4sc5ccccc5n4c3n2)CC1. The Hall–Kier alpha value is -2.97. The molecular weight excluding hydrogens is 422 g/mol. The lowest BCUT2D eigenvalue weighted by Crippen LogP contribution is -2.44. The van der Waals surface area contributed by atoms with Crippen LogP contribution in [0.2, 0.25) is 0 Å². The Labute approximate surface area is 189 Å². The summed E-state index contributed by atoms with van der Waals surface area (Å²) in [4.78, 5) is 36.9. The minimum Gasteiger partial charge on any atom is -0.354 e. The zero-order valence-corrected chi connectivity index (χ0v) is 18.8. The molecule has 2 fully saturated rings. The fourth-order valence-electron chi connectivity index (χ4n) is 4.44. The number of pyridine rings is 2. The summed E-state index contributed by atoms with van der Waals surface area (Å²) < 4.78 is 3.03. The molecule has 1 saturated carbocycles. The number of carbonyl (C=O) groups excluding carboxylic acids is 1. The molecule has 0 unspecified atom stereocenters. The summed E-state index contributed by atoms with van der Waals surface area (Å²) in [5, 5.41) is 3.48. The maximum absolute atomic E-state index is 13.5. The second kappa shape index (κ2) is 7.56. The fourth-order valence-corrected chi connectivity index (χ4v) is 5.62. The van der Waals surface area contributed by atoms with Gasteiger partial charge in [-0.15, -0.1) is 11.3 Å². The van der Waals surface area contributed by atoms with Crippen molar-refractivity contribution in [3.8, 4) is 0 Å². The van der Waals surface area contributed by atoms with Crippen molar-refractivity contribution in [1.29, 1.82) is 0 Å². The van der Waals surface area contributed by atoms with E-state index >= 15 is 0 Å². The maximum Gasteiger partial charge on any atom is 0.258 e. The molecule has 0 spiro atoms. The van der Waals surface area contributed by atoms with Crippen LogP contribution in [0.5, 0.6) is 0 Å². The van der Waals surface area contributed by atoms with Crippen LogP contribution in [0.1, 0.15) is 23.2 Å². The first-order valence-electron chi connectivity index (χ1n) is 11.2. The predicted octanol–water partition coefficient (Wildman–Crippen LogP) is 2.95. The molecule has 4 aromatic rings. The van der Waals surface area contributed by atoms with Crippen LogP contribution < -0.4 is 15.6 Å². The maximum atomic E-state index is 13.5. The molecule has 0 bridgehead atoms. The van der Waals surface area contributed by atoms with Gasteiger partial charge in [-0.25, -0.2) is 4.98 Å². The number of likely N-dealkylation sites (N-methyl/N-ethyl adjacent to an activating group) is 1. The van der Waals surface area contributed by atoms with E-state index in [-0.39, 0.29) is 16.9 Å². The quantitative estimate of drug-likeness (QED) is 0.521.